The van der Waals surface area contributed by atoms with Gasteiger partial charge in [0.15, 0.2) is 9.84 Å². The summed E-state index contributed by atoms with van der Waals surface area (Å²) in [6, 6.07) is -0.155. The maximum absolute atomic E-state index is 11.5. The Morgan fingerprint density at radius 3 is 2.56 bits per heavy atom. The number of nitrogens with zero attached hydrogens (tertiary/aromatic N) is 3. The van der Waals surface area contributed by atoms with Crippen LogP contribution < -0.4 is 5.32 Å². The lowest BCUT2D eigenvalue weighted by molar-refractivity contribution is 0.499. The molecule has 92 valence electrons. The van der Waals surface area contributed by atoms with E-state index in [-0.39, 0.29) is 6.04 Å². The molecule has 0 spiro atoms. The highest BCUT2D eigenvalue weighted by Gasteiger charge is 2.25. The number of hydrogen-bond acceptors (Lipinski definition) is 5. The predicted octanol–water partition coefficient (Wildman–Crippen LogP) is -0.621. The molecule has 16 heavy (non-hydrogen) atoms. The van der Waals surface area contributed by atoms with E-state index < -0.39 is 15.1 Å². The fourth-order valence-corrected chi connectivity index (χ4v) is 2.33. The van der Waals surface area contributed by atoms with Crippen molar-refractivity contribution >= 4 is 9.84 Å². The van der Waals surface area contributed by atoms with Gasteiger partial charge in [0, 0.05) is 25.8 Å². The lowest BCUT2D eigenvalue weighted by Crippen LogP contribution is -2.42. The molecule has 0 amide bonds. The molecule has 0 aliphatic rings. The van der Waals surface area contributed by atoms with Gasteiger partial charge in [-0.15, -0.1) is 0 Å². The molecule has 1 heterocycles. The molecule has 1 N–H and O–H groups in total. The normalized spacial score (nSPS) is 16.0. The van der Waals surface area contributed by atoms with Crippen LogP contribution in [0.2, 0.25) is 0 Å². The van der Waals surface area contributed by atoms with E-state index in [2.05, 4.69) is 15.4 Å². The summed E-state index contributed by atoms with van der Waals surface area (Å²) in [4.78, 5) is 4.09. The number of likely N-dealkylation sites (N-methyl/N-ethyl adjacent to an activating group) is 1. The van der Waals surface area contributed by atoms with Crippen molar-refractivity contribution in [3.05, 3.63) is 12.2 Å². The molecule has 0 radical (unpaired) electrons. The summed E-state index contributed by atoms with van der Waals surface area (Å²) < 4.78 is 24.6. The molecule has 0 aliphatic heterocycles. The molecule has 1 aromatic rings. The van der Waals surface area contributed by atoms with Crippen molar-refractivity contribution in [3.63, 3.8) is 0 Å². The summed E-state index contributed by atoms with van der Waals surface area (Å²) in [5.41, 5.74) is 0. The van der Waals surface area contributed by atoms with Crippen LogP contribution in [0.4, 0.5) is 0 Å². The van der Waals surface area contributed by atoms with E-state index in [4.69, 9.17) is 0 Å². The predicted molar refractivity (Wildman–Crippen MR) is 61.9 cm³/mol. The second-order valence-electron chi connectivity index (χ2n) is 3.93. The molecular formula is C9H18N4O2S. The van der Waals surface area contributed by atoms with Crippen LogP contribution in [0.3, 0.4) is 0 Å². The highest BCUT2D eigenvalue weighted by molar-refractivity contribution is 7.91. The minimum atomic E-state index is -3.05. The van der Waals surface area contributed by atoms with Crippen LogP contribution in [-0.4, -0.2) is 47.8 Å². The molecule has 0 fully saturated rings. The Labute approximate surface area is 96.0 Å². The van der Waals surface area contributed by atoms with Crippen LogP contribution in [0.5, 0.6) is 0 Å². The van der Waals surface area contributed by atoms with Gasteiger partial charge in [0.05, 0.1) is 5.25 Å². The Morgan fingerprint density at radius 2 is 2.19 bits per heavy atom. The molecule has 2 atom stereocenters. The van der Waals surface area contributed by atoms with Crippen molar-refractivity contribution in [3.8, 4) is 0 Å². The molecule has 0 aliphatic carbocycles. The van der Waals surface area contributed by atoms with Crippen molar-refractivity contribution in [2.45, 2.75) is 24.6 Å². The van der Waals surface area contributed by atoms with Crippen molar-refractivity contribution in [1.82, 2.24) is 20.1 Å². The van der Waals surface area contributed by atoms with E-state index in [0.29, 0.717) is 6.42 Å². The van der Waals surface area contributed by atoms with Gasteiger partial charge in [0.25, 0.3) is 0 Å². The van der Waals surface area contributed by atoms with Crippen molar-refractivity contribution in [2.75, 3.05) is 13.3 Å². The number of sulfone groups is 1. The van der Waals surface area contributed by atoms with Gasteiger partial charge >= 0.3 is 0 Å². The molecule has 0 saturated heterocycles. The maximum Gasteiger partial charge on any atom is 0.151 e. The molecule has 1 rings (SSSR count). The van der Waals surface area contributed by atoms with Crippen LogP contribution in [-0.2, 0) is 23.3 Å². The van der Waals surface area contributed by atoms with Crippen LogP contribution >= 0.6 is 0 Å². The average molecular weight is 246 g/mol. The van der Waals surface area contributed by atoms with E-state index in [1.54, 1.807) is 25.7 Å². The fourth-order valence-electron chi connectivity index (χ4n) is 1.50. The van der Waals surface area contributed by atoms with Crippen molar-refractivity contribution in [2.24, 2.45) is 7.05 Å². The van der Waals surface area contributed by atoms with E-state index in [1.807, 2.05) is 0 Å². The second kappa shape index (κ2) is 4.92. The summed E-state index contributed by atoms with van der Waals surface area (Å²) in [5, 5.41) is 6.52. The molecule has 7 heteroatoms. The number of rotatable bonds is 5. The fraction of sp³-hybridized carbons (Fsp3) is 0.778. The third-order valence-electron chi connectivity index (χ3n) is 2.82. The Balaban J connectivity index is 2.81. The lowest BCUT2D eigenvalue weighted by atomic mass is 10.1. The first kappa shape index (κ1) is 13.1. The van der Waals surface area contributed by atoms with E-state index in [1.165, 1.54) is 12.6 Å². The van der Waals surface area contributed by atoms with E-state index in [0.717, 1.165) is 5.82 Å². The zero-order valence-corrected chi connectivity index (χ0v) is 10.8. The van der Waals surface area contributed by atoms with Gasteiger partial charge < -0.3 is 5.32 Å². The summed E-state index contributed by atoms with van der Waals surface area (Å²) in [6.45, 7) is 1.70. The largest absolute Gasteiger partial charge is 0.315 e. The van der Waals surface area contributed by atoms with E-state index in [9.17, 15) is 8.42 Å². The number of aryl methyl sites for hydroxylation is 1. The van der Waals surface area contributed by atoms with Gasteiger partial charge in [0.1, 0.15) is 12.2 Å². The minimum absolute atomic E-state index is 0.155. The minimum Gasteiger partial charge on any atom is -0.315 e. The molecule has 2 unspecified atom stereocenters. The summed E-state index contributed by atoms with van der Waals surface area (Å²) in [6.07, 6.45) is 3.26. The Hall–Kier alpha value is -0.950. The molecule has 1 aromatic heterocycles. The highest BCUT2D eigenvalue weighted by atomic mass is 32.2. The first-order valence-corrected chi connectivity index (χ1v) is 7.00. The molecule has 6 nitrogen and oxygen atoms in total. The highest BCUT2D eigenvalue weighted by Crippen LogP contribution is 2.09. The standard InChI is InChI=1S/C9H18N4O2S/c1-7(16(4,14)15)8(10-2)5-9-11-6-12-13(9)3/h6-8,10H,5H2,1-4H3. The third kappa shape index (κ3) is 3.02. The Bertz CT molecular complexity index is 440. The monoisotopic (exact) mass is 246 g/mol. The molecule has 0 aromatic carbocycles. The van der Waals surface area contributed by atoms with Crippen LogP contribution in [0.1, 0.15) is 12.7 Å². The maximum atomic E-state index is 11.5. The van der Waals surface area contributed by atoms with Crippen molar-refractivity contribution < 1.29 is 8.42 Å². The van der Waals surface area contributed by atoms with E-state index >= 15 is 0 Å². The Kier molecular flexibility index (Phi) is 4.03. The number of hydrogen-bond donors (Lipinski definition) is 1. The smallest absolute Gasteiger partial charge is 0.151 e. The summed E-state index contributed by atoms with van der Waals surface area (Å²) in [7, 11) is 0.494. The number of aromatic nitrogens is 3. The lowest BCUT2D eigenvalue weighted by Gasteiger charge is -2.21. The zero-order chi connectivity index (χ0) is 12.3. The third-order valence-corrected chi connectivity index (χ3v) is 4.50. The van der Waals surface area contributed by atoms with Crippen LogP contribution in [0.25, 0.3) is 0 Å². The van der Waals surface area contributed by atoms with Gasteiger partial charge in [-0.25, -0.2) is 13.4 Å². The molecular weight excluding hydrogens is 228 g/mol. The van der Waals surface area contributed by atoms with Crippen molar-refractivity contribution in [1.29, 1.82) is 0 Å². The van der Waals surface area contributed by atoms with Gasteiger partial charge in [-0.05, 0) is 14.0 Å². The average Bonchev–Trinajstić information content (AvgIpc) is 2.58. The van der Waals surface area contributed by atoms with Crippen LogP contribution in [0, 0.1) is 0 Å². The summed E-state index contributed by atoms with van der Waals surface area (Å²) in [5.74, 6) is 0.773. The topological polar surface area (TPSA) is 76.9 Å². The van der Waals surface area contributed by atoms with Gasteiger partial charge in [-0.3, -0.25) is 4.68 Å². The van der Waals surface area contributed by atoms with Gasteiger partial charge in [-0.2, -0.15) is 5.10 Å². The molecule has 0 saturated carbocycles. The SMILES string of the molecule is CNC(Cc1ncnn1C)C(C)S(C)(=O)=O. The van der Waals surface area contributed by atoms with Gasteiger partial charge in [-0.1, -0.05) is 0 Å². The first-order chi connectivity index (χ1) is 7.36. The number of nitrogens with one attached hydrogen (secondary N) is 1. The second-order valence-corrected chi connectivity index (χ2v) is 6.34. The first-order valence-electron chi connectivity index (χ1n) is 5.05. The Morgan fingerprint density at radius 1 is 1.56 bits per heavy atom. The van der Waals surface area contributed by atoms with Gasteiger partial charge in [0.2, 0.25) is 0 Å². The molecule has 0 bridgehead atoms. The zero-order valence-electron chi connectivity index (χ0n) is 10.0. The van der Waals surface area contributed by atoms with Crippen LogP contribution in [0.15, 0.2) is 6.33 Å². The quantitative estimate of drug-likeness (QED) is 0.749. The summed E-state index contributed by atoms with van der Waals surface area (Å²) >= 11 is 0.